The number of pyridine rings is 1. The molecule has 1 saturated carbocycles. The molecule has 0 saturated heterocycles. The van der Waals surface area contributed by atoms with Gasteiger partial charge in [0, 0.05) is 24.1 Å². The predicted octanol–water partition coefficient (Wildman–Crippen LogP) is 4.34. The summed E-state index contributed by atoms with van der Waals surface area (Å²) in [5, 5.41) is 5.33. The molecule has 1 fully saturated rings. The molecule has 3 aromatic rings. The molecule has 1 aromatic heterocycles. The predicted molar refractivity (Wildman–Crippen MR) is 153 cm³/mol. The zero-order valence-electron chi connectivity index (χ0n) is 20.7. The number of carbonyl (C=O) groups excluding carboxylic acids is 1. The van der Waals surface area contributed by atoms with Gasteiger partial charge in [-0.25, -0.2) is 13.5 Å². The van der Waals surface area contributed by atoms with Gasteiger partial charge < -0.3 is 15.4 Å². The molecule has 1 heterocycles. The van der Waals surface area contributed by atoms with Crippen molar-refractivity contribution in [1.82, 2.24) is 14.6 Å². The highest BCUT2D eigenvalue weighted by atomic mass is 127. The highest BCUT2D eigenvalue weighted by Gasteiger charge is 2.40. The van der Waals surface area contributed by atoms with Crippen LogP contribution in [0.2, 0.25) is 5.02 Å². The van der Waals surface area contributed by atoms with E-state index in [1.807, 2.05) is 22.6 Å². The van der Waals surface area contributed by atoms with Crippen LogP contribution in [0, 0.1) is 16.3 Å². The van der Waals surface area contributed by atoms with Crippen molar-refractivity contribution in [2.75, 3.05) is 17.1 Å². The molecule has 10 nitrogen and oxygen atoms in total. The fraction of sp³-hybridized carbons (Fsp3) is 0.250. The van der Waals surface area contributed by atoms with Gasteiger partial charge in [-0.2, -0.15) is 8.42 Å². The minimum atomic E-state index is -3.81. The van der Waals surface area contributed by atoms with E-state index in [2.05, 4.69) is 20.1 Å². The van der Waals surface area contributed by atoms with Crippen LogP contribution in [-0.4, -0.2) is 38.2 Å². The maximum absolute atomic E-state index is 14.7. The molecule has 0 radical (unpaired) electrons. The van der Waals surface area contributed by atoms with E-state index in [4.69, 9.17) is 16.3 Å². The maximum Gasteiger partial charge on any atom is 0.298 e. The van der Waals surface area contributed by atoms with Crippen LogP contribution >= 0.6 is 34.2 Å². The van der Waals surface area contributed by atoms with E-state index in [1.54, 1.807) is 6.07 Å². The summed E-state index contributed by atoms with van der Waals surface area (Å²) < 4.78 is 64.1. The molecule has 39 heavy (non-hydrogen) atoms. The molecular formula is C24H23ClF2IN5O5S. The Balaban J connectivity index is 1.83. The summed E-state index contributed by atoms with van der Waals surface area (Å²) in [5.74, 6) is -1.67. The van der Waals surface area contributed by atoms with Crippen molar-refractivity contribution in [3.05, 3.63) is 72.3 Å². The summed E-state index contributed by atoms with van der Waals surface area (Å²) in [4.78, 5) is 26.6. The number of hydrogen-bond donors (Lipinski definition) is 4. The lowest BCUT2D eigenvalue weighted by molar-refractivity contribution is 0.0945. The Hall–Kier alpha value is -2.95. The minimum absolute atomic E-state index is 0.00402. The van der Waals surface area contributed by atoms with Crippen LogP contribution in [0.15, 0.2) is 41.2 Å². The molecule has 0 bridgehead atoms. The smallest absolute Gasteiger partial charge is 0.298 e. The van der Waals surface area contributed by atoms with Crippen molar-refractivity contribution >= 4 is 67.5 Å². The Bertz CT molecular complexity index is 1640. The van der Waals surface area contributed by atoms with Gasteiger partial charge in [-0.1, -0.05) is 11.6 Å². The zero-order chi connectivity index (χ0) is 28.6. The van der Waals surface area contributed by atoms with Crippen LogP contribution in [0.5, 0.6) is 11.5 Å². The third-order valence-electron chi connectivity index (χ3n) is 5.87. The van der Waals surface area contributed by atoms with Crippen LogP contribution in [0.3, 0.4) is 0 Å². The number of nitrogens with one attached hydrogen (secondary N) is 4. The molecule has 2 aromatic carbocycles. The molecule has 2 atom stereocenters. The van der Waals surface area contributed by atoms with Crippen molar-refractivity contribution in [3.63, 3.8) is 0 Å². The van der Waals surface area contributed by atoms with Gasteiger partial charge in [-0.05, 0) is 65.9 Å². The largest absolute Gasteiger partial charge is 0.454 e. The molecule has 0 aliphatic heterocycles. The van der Waals surface area contributed by atoms with Gasteiger partial charge in [0.2, 0.25) is 0 Å². The van der Waals surface area contributed by atoms with Gasteiger partial charge in [0.25, 0.3) is 21.7 Å². The van der Waals surface area contributed by atoms with Gasteiger partial charge in [0.05, 0.1) is 28.0 Å². The summed E-state index contributed by atoms with van der Waals surface area (Å²) in [6, 6.07) is 7.63. The van der Waals surface area contributed by atoms with E-state index in [0.29, 0.717) is 3.57 Å². The number of halogens is 4. The number of amides is 1. The van der Waals surface area contributed by atoms with E-state index in [1.165, 1.54) is 51.4 Å². The molecule has 1 aliphatic rings. The number of alkyl halides is 1. The maximum atomic E-state index is 14.7. The van der Waals surface area contributed by atoms with Crippen molar-refractivity contribution in [1.29, 1.82) is 0 Å². The normalized spacial score (nSPS) is 16.5. The third-order valence-corrected chi connectivity index (χ3v) is 7.88. The average Bonchev–Trinajstić information content (AvgIpc) is 3.57. The Morgan fingerprint density at radius 1 is 1.23 bits per heavy atom. The SMILES string of the molecule is CNS(=O)(=O)Nc1ccc(Oc2c(C(=O)N[C@H]3C[C@H]3F)c(Nc3ccc(I)cc3F)n(C)c(=O)c2C)c(Cl)c1. The number of anilines is 3. The van der Waals surface area contributed by atoms with Gasteiger partial charge in [-0.3, -0.25) is 18.9 Å². The van der Waals surface area contributed by atoms with Crippen molar-refractivity contribution in [3.8, 4) is 11.5 Å². The number of hydrogen-bond acceptors (Lipinski definition) is 6. The van der Waals surface area contributed by atoms with Gasteiger partial charge >= 0.3 is 0 Å². The summed E-state index contributed by atoms with van der Waals surface area (Å²) >= 11 is 8.29. The summed E-state index contributed by atoms with van der Waals surface area (Å²) in [5.41, 5.74) is -0.593. The molecule has 15 heteroatoms. The first kappa shape index (κ1) is 29.0. The molecule has 1 amide bonds. The molecule has 4 N–H and O–H groups in total. The lowest BCUT2D eigenvalue weighted by Crippen LogP contribution is -2.32. The Labute approximate surface area is 241 Å². The standard InChI is InChI=1S/C24H23ClF2IN5O5S/c1-11-21(38-19-7-5-13(9-14(19)25)32-39(36,37)29-2)20(23(34)31-18-10-16(18)27)22(33(3)24(11)35)30-17-6-4-12(28)8-15(17)26/h4-9,16,18,29-30,32H,10H2,1-3H3,(H,31,34)/t16-,18+/m1/s1. The lowest BCUT2D eigenvalue weighted by Gasteiger charge is -2.21. The van der Waals surface area contributed by atoms with Crippen LogP contribution in [-0.2, 0) is 17.3 Å². The number of aromatic nitrogens is 1. The number of benzene rings is 2. The van der Waals surface area contributed by atoms with Gasteiger partial charge in [-0.15, -0.1) is 0 Å². The topological polar surface area (TPSA) is 131 Å². The lowest BCUT2D eigenvalue weighted by atomic mass is 10.1. The van der Waals surface area contributed by atoms with Crippen LogP contribution < -0.4 is 30.4 Å². The van der Waals surface area contributed by atoms with Gasteiger partial charge in [0.15, 0.2) is 5.75 Å². The second kappa shape index (κ2) is 11.3. The van der Waals surface area contributed by atoms with E-state index >= 15 is 0 Å². The Morgan fingerprint density at radius 3 is 2.51 bits per heavy atom. The highest BCUT2D eigenvalue weighted by Crippen LogP contribution is 2.38. The van der Waals surface area contributed by atoms with E-state index in [9.17, 15) is 26.8 Å². The Kier molecular flexibility index (Phi) is 8.39. The number of ether oxygens (including phenoxy) is 1. The van der Waals surface area contributed by atoms with Gasteiger partial charge in [0.1, 0.15) is 29.1 Å². The monoisotopic (exact) mass is 693 g/mol. The Morgan fingerprint density at radius 2 is 1.92 bits per heavy atom. The van der Waals surface area contributed by atoms with Crippen LogP contribution in [0.4, 0.5) is 26.0 Å². The van der Waals surface area contributed by atoms with E-state index in [0.717, 1.165) is 4.57 Å². The summed E-state index contributed by atoms with van der Waals surface area (Å²) in [7, 11) is -1.19. The average molecular weight is 694 g/mol. The fourth-order valence-electron chi connectivity index (χ4n) is 3.63. The van der Waals surface area contributed by atoms with Crippen molar-refractivity contribution < 1.29 is 26.7 Å². The van der Waals surface area contributed by atoms with Crippen molar-refractivity contribution in [2.45, 2.75) is 25.6 Å². The molecular weight excluding hydrogens is 671 g/mol. The third kappa shape index (κ3) is 6.45. The number of rotatable bonds is 9. The molecule has 0 spiro atoms. The second-order valence-corrected chi connectivity index (χ2v) is 12.0. The van der Waals surface area contributed by atoms with E-state index in [-0.39, 0.29) is 51.3 Å². The number of carbonyl (C=O) groups is 1. The molecule has 208 valence electrons. The summed E-state index contributed by atoms with van der Waals surface area (Å²) in [6.07, 6.45) is -1.07. The summed E-state index contributed by atoms with van der Waals surface area (Å²) in [6.45, 7) is 1.43. The second-order valence-electron chi connectivity index (χ2n) is 8.68. The molecule has 0 unspecified atom stereocenters. The first-order valence-corrected chi connectivity index (χ1v) is 14.3. The first-order chi connectivity index (χ1) is 18.3. The fourth-order valence-corrected chi connectivity index (χ4v) is 4.84. The van der Waals surface area contributed by atoms with Crippen LogP contribution in [0.25, 0.3) is 0 Å². The van der Waals surface area contributed by atoms with Crippen molar-refractivity contribution in [2.24, 2.45) is 7.05 Å². The highest BCUT2D eigenvalue weighted by molar-refractivity contribution is 14.1. The molecule has 1 aliphatic carbocycles. The zero-order valence-corrected chi connectivity index (χ0v) is 24.5. The van der Waals surface area contributed by atoms with Crippen LogP contribution in [0.1, 0.15) is 22.3 Å². The first-order valence-electron chi connectivity index (χ1n) is 11.4. The number of nitrogens with zero attached hydrogens (tertiary/aromatic N) is 1. The quantitative estimate of drug-likeness (QED) is 0.247. The van der Waals surface area contributed by atoms with E-state index < -0.39 is 39.7 Å². The minimum Gasteiger partial charge on any atom is -0.454 e. The molecule has 4 rings (SSSR count).